The summed E-state index contributed by atoms with van der Waals surface area (Å²) in [6.45, 7) is 0.177. The zero-order chi connectivity index (χ0) is 17.9. The minimum atomic E-state index is -1.29. The summed E-state index contributed by atoms with van der Waals surface area (Å²) >= 11 is 0. The first-order valence-corrected chi connectivity index (χ1v) is 7.90. The fraction of sp³-hybridized carbons (Fsp3) is 0.278. The number of nitrogens with zero attached hydrogens (tertiary/aromatic N) is 1. The zero-order valence-corrected chi connectivity index (χ0v) is 13.4. The molecule has 1 aliphatic rings. The Hall–Kier alpha value is -2.96. The molecule has 1 aromatic carbocycles. The van der Waals surface area contributed by atoms with Crippen molar-refractivity contribution in [2.45, 2.75) is 25.8 Å². The van der Waals surface area contributed by atoms with E-state index >= 15 is 0 Å². The molecule has 1 aliphatic carbocycles. The first-order valence-electron chi connectivity index (χ1n) is 7.90. The number of aliphatic carboxylic acids is 1. The number of pyridine rings is 1. The maximum absolute atomic E-state index is 12.9. The van der Waals surface area contributed by atoms with Gasteiger partial charge in [-0.05, 0) is 48.7 Å². The van der Waals surface area contributed by atoms with Crippen LogP contribution in [0, 0.1) is 11.2 Å². The van der Waals surface area contributed by atoms with Crippen molar-refractivity contribution in [2.75, 3.05) is 0 Å². The van der Waals surface area contributed by atoms with Crippen LogP contribution in [0.4, 0.5) is 4.39 Å². The monoisotopic (exact) mass is 344 g/mol. The van der Waals surface area contributed by atoms with Crippen molar-refractivity contribution >= 4 is 11.9 Å². The molecule has 2 N–H and O–H groups in total. The standard InChI is InChI=1S/C18H17FN2O4/c19-13-2-4-14(5-3-13)25-15-10-12(6-9-20-15)11-21-16(22)18(17(23)24)7-1-8-18/h2-6,9-10H,1,7-8,11H2,(H,21,22)(H,23,24). The van der Waals surface area contributed by atoms with Crippen molar-refractivity contribution < 1.29 is 23.8 Å². The van der Waals surface area contributed by atoms with Gasteiger partial charge in [-0.15, -0.1) is 0 Å². The molecule has 1 saturated carbocycles. The molecule has 0 bridgehead atoms. The van der Waals surface area contributed by atoms with E-state index in [0.717, 1.165) is 12.0 Å². The van der Waals surface area contributed by atoms with Gasteiger partial charge in [-0.25, -0.2) is 9.37 Å². The highest BCUT2D eigenvalue weighted by Gasteiger charge is 2.50. The second kappa shape index (κ2) is 6.88. The number of carboxylic acid groups (broad SMARTS) is 1. The lowest BCUT2D eigenvalue weighted by molar-refractivity contribution is -0.162. The molecule has 25 heavy (non-hydrogen) atoms. The van der Waals surface area contributed by atoms with Crippen LogP contribution in [0.3, 0.4) is 0 Å². The van der Waals surface area contributed by atoms with Crippen LogP contribution in [0.5, 0.6) is 11.6 Å². The Morgan fingerprint density at radius 3 is 2.56 bits per heavy atom. The number of nitrogens with one attached hydrogen (secondary N) is 1. The zero-order valence-electron chi connectivity index (χ0n) is 13.4. The number of amides is 1. The number of aromatic nitrogens is 1. The topological polar surface area (TPSA) is 88.5 Å². The Morgan fingerprint density at radius 1 is 1.24 bits per heavy atom. The molecular weight excluding hydrogens is 327 g/mol. The number of hydrogen-bond donors (Lipinski definition) is 2. The predicted molar refractivity (Wildman–Crippen MR) is 86.5 cm³/mol. The number of carbonyl (C=O) groups is 2. The molecule has 0 unspecified atom stereocenters. The van der Waals surface area contributed by atoms with Crippen LogP contribution in [0.15, 0.2) is 42.6 Å². The average molecular weight is 344 g/mol. The van der Waals surface area contributed by atoms with E-state index in [9.17, 15) is 19.1 Å². The van der Waals surface area contributed by atoms with Crippen LogP contribution in [0.25, 0.3) is 0 Å². The fourth-order valence-electron chi connectivity index (χ4n) is 2.66. The average Bonchev–Trinajstić information content (AvgIpc) is 2.54. The van der Waals surface area contributed by atoms with Gasteiger partial charge >= 0.3 is 5.97 Å². The summed E-state index contributed by atoms with van der Waals surface area (Å²) in [6.07, 6.45) is 2.99. The third kappa shape index (κ3) is 3.60. The highest BCUT2D eigenvalue weighted by molar-refractivity contribution is 6.02. The molecule has 1 fully saturated rings. The molecule has 0 radical (unpaired) electrons. The number of benzene rings is 1. The van der Waals surface area contributed by atoms with Crippen molar-refractivity contribution in [3.05, 3.63) is 54.0 Å². The molecule has 0 aliphatic heterocycles. The summed E-state index contributed by atoms with van der Waals surface area (Å²) in [4.78, 5) is 27.6. The molecule has 2 aromatic rings. The minimum absolute atomic E-state index is 0.177. The maximum atomic E-state index is 12.9. The summed E-state index contributed by atoms with van der Waals surface area (Å²) < 4.78 is 18.4. The van der Waals surface area contributed by atoms with Gasteiger partial charge in [0, 0.05) is 18.8 Å². The Bertz CT molecular complexity index is 788. The molecular formula is C18H17FN2O4. The van der Waals surface area contributed by atoms with Crippen molar-refractivity contribution in [3.63, 3.8) is 0 Å². The molecule has 1 heterocycles. The maximum Gasteiger partial charge on any atom is 0.319 e. The Kier molecular flexibility index (Phi) is 4.65. The van der Waals surface area contributed by atoms with Gasteiger partial charge in [0.25, 0.3) is 0 Å². The van der Waals surface area contributed by atoms with Crippen LogP contribution < -0.4 is 10.1 Å². The van der Waals surface area contributed by atoms with E-state index < -0.39 is 17.3 Å². The summed E-state index contributed by atoms with van der Waals surface area (Å²) in [5.74, 6) is -1.17. The molecule has 3 rings (SSSR count). The highest BCUT2D eigenvalue weighted by atomic mass is 19.1. The molecule has 130 valence electrons. The molecule has 1 amide bonds. The van der Waals surface area contributed by atoms with Gasteiger partial charge < -0.3 is 15.2 Å². The van der Waals surface area contributed by atoms with Crippen LogP contribution in [0.2, 0.25) is 0 Å². The lowest BCUT2D eigenvalue weighted by Crippen LogP contribution is -2.50. The predicted octanol–water partition coefficient (Wildman–Crippen LogP) is 2.88. The normalized spacial score (nSPS) is 15.1. The van der Waals surface area contributed by atoms with Gasteiger partial charge in [-0.2, -0.15) is 0 Å². The number of carbonyl (C=O) groups excluding carboxylic acids is 1. The van der Waals surface area contributed by atoms with Crippen LogP contribution in [-0.4, -0.2) is 22.0 Å². The molecule has 1 aromatic heterocycles. The van der Waals surface area contributed by atoms with Crippen molar-refractivity contribution in [1.29, 1.82) is 0 Å². The van der Waals surface area contributed by atoms with Crippen molar-refractivity contribution in [1.82, 2.24) is 10.3 Å². The number of halogens is 1. The van der Waals surface area contributed by atoms with Crippen LogP contribution in [0.1, 0.15) is 24.8 Å². The van der Waals surface area contributed by atoms with Gasteiger partial charge in [0.15, 0.2) is 0 Å². The number of carboxylic acids is 1. The van der Waals surface area contributed by atoms with E-state index in [1.165, 1.54) is 30.5 Å². The Labute approximate surface area is 143 Å². The molecule has 0 spiro atoms. The van der Waals surface area contributed by atoms with E-state index in [4.69, 9.17) is 4.74 Å². The van der Waals surface area contributed by atoms with Gasteiger partial charge in [-0.3, -0.25) is 9.59 Å². The summed E-state index contributed by atoms with van der Waals surface area (Å²) in [5, 5.41) is 11.9. The SMILES string of the molecule is O=C(O)C1(C(=O)NCc2ccnc(Oc3ccc(F)cc3)c2)CCC1. The highest BCUT2D eigenvalue weighted by Crippen LogP contribution is 2.41. The smallest absolute Gasteiger partial charge is 0.319 e. The summed E-state index contributed by atoms with van der Waals surface area (Å²) in [6, 6.07) is 8.87. The molecule has 7 heteroatoms. The number of ether oxygens (including phenoxy) is 1. The van der Waals surface area contributed by atoms with Gasteiger partial charge in [0.1, 0.15) is 17.0 Å². The lowest BCUT2D eigenvalue weighted by Gasteiger charge is -2.35. The van der Waals surface area contributed by atoms with Crippen LogP contribution in [-0.2, 0) is 16.1 Å². The second-order valence-corrected chi connectivity index (χ2v) is 5.98. The van der Waals surface area contributed by atoms with Gasteiger partial charge in [-0.1, -0.05) is 6.42 Å². The second-order valence-electron chi connectivity index (χ2n) is 5.98. The molecule has 6 nitrogen and oxygen atoms in total. The third-order valence-electron chi connectivity index (χ3n) is 4.34. The third-order valence-corrected chi connectivity index (χ3v) is 4.34. The largest absolute Gasteiger partial charge is 0.480 e. The first-order chi connectivity index (χ1) is 12.0. The molecule has 0 saturated heterocycles. The van der Waals surface area contributed by atoms with E-state index in [1.807, 2.05) is 0 Å². The summed E-state index contributed by atoms with van der Waals surface area (Å²) in [5.41, 5.74) is -0.569. The van der Waals surface area contributed by atoms with Crippen LogP contribution >= 0.6 is 0 Å². The Morgan fingerprint density at radius 2 is 1.96 bits per heavy atom. The van der Waals surface area contributed by atoms with Gasteiger partial charge in [0.2, 0.25) is 11.8 Å². The van der Waals surface area contributed by atoms with E-state index in [0.29, 0.717) is 24.5 Å². The first kappa shape index (κ1) is 16.9. The number of rotatable bonds is 6. The molecule has 0 atom stereocenters. The van der Waals surface area contributed by atoms with Crippen molar-refractivity contribution in [3.8, 4) is 11.6 Å². The minimum Gasteiger partial charge on any atom is -0.480 e. The quantitative estimate of drug-likeness (QED) is 0.787. The van der Waals surface area contributed by atoms with E-state index in [2.05, 4.69) is 10.3 Å². The van der Waals surface area contributed by atoms with E-state index in [-0.39, 0.29) is 12.4 Å². The number of hydrogen-bond acceptors (Lipinski definition) is 4. The fourth-order valence-corrected chi connectivity index (χ4v) is 2.66. The van der Waals surface area contributed by atoms with E-state index in [1.54, 1.807) is 12.1 Å². The summed E-state index contributed by atoms with van der Waals surface area (Å²) in [7, 11) is 0. The van der Waals surface area contributed by atoms with Crippen molar-refractivity contribution in [2.24, 2.45) is 5.41 Å². The Balaban J connectivity index is 1.63. The van der Waals surface area contributed by atoms with Gasteiger partial charge in [0.05, 0.1) is 0 Å². The lowest BCUT2D eigenvalue weighted by atomic mass is 9.68.